The Hall–Kier alpha value is -1.87. The molecule has 0 aromatic carbocycles. The van der Waals surface area contributed by atoms with Gasteiger partial charge in [-0.05, 0) is 43.6 Å². The molecule has 7 nitrogen and oxygen atoms in total. The molecule has 1 aliphatic carbocycles. The number of fused-ring (bicyclic) bond motifs is 3. The van der Waals surface area contributed by atoms with E-state index >= 15 is 0 Å². The van der Waals surface area contributed by atoms with Crippen molar-refractivity contribution in [1.29, 1.82) is 0 Å². The number of carbonyl (C=O) groups is 2. The van der Waals surface area contributed by atoms with Crippen molar-refractivity contribution in [3.63, 3.8) is 0 Å². The van der Waals surface area contributed by atoms with E-state index in [2.05, 4.69) is 12.2 Å². The molecule has 0 unspecified atom stereocenters. The molecular weight excluding hydrogens is 396 g/mol. The van der Waals surface area contributed by atoms with Crippen LogP contribution in [0.1, 0.15) is 44.6 Å². The highest BCUT2D eigenvalue weighted by Crippen LogP contribution is 2.37. The minimum absolute atomic E-state index is 0.0317. The Bertz CT molecular complexity index is 980. The maximum absolute atomic E-state index is 13.4. The van der Waals surface area contributed by atoms with E-state index in [4.69, 9.17) is 10.7 Å². The molecule has 0 saturated heterocycles. The number of aromatic nitrogens is 2. The second kappa shape index (κ2) is 8.24. The minimum atomic E-state index is -0.888. The van der Waals surface area contributed by atoms with Crippen molar-refractivity contribution in [2.45, 2.75) is 63.9 Å². The standard InChI is InChI=1S/C19H26N4O3S2/c1-9(2)8-23-17(25)14-12-6-5-10(3)7-13(12)28-16(14)22-19(23)27-11(4)15(24)21-18(20)26/h9-11H,5-8H2,1-4H3,(H3,20,21,24,26)/t10-,11+/m1/s1. The average molecular weight is 423 g/mol. The molecule has 28 heavy (non-hydrogen) atoms. The van der Waals surface area contributed by atoms with Gasteiger partial charge in [0.2, 0.25) is 5.91 Å². The predicted octanol–water partition coefficient (Wildman–Crippen LogP) is 2.91. The van der Waals surface area contributed by atoms with Crippen LogP contribution in [0.3, 0.4) is 0 Å². The maximum atomic E-state index is 13.4. The third kappa shape index (κ3) is 4.25. The van der Waals surface area contributed by atoms with Crippen molar-refractivity contribution in [2.24, 2.45) is 17.6 Å². The van der Waals surface area contributed by atoms with Crippen LogP contribution in [-0.4, -0.2) is 26.7 Å². The smallest absolute Gasteiger partial charge is 0.318 e. The largest absolute Gasteiger partial charge is 0.351 e. The monoisotopic (exact) mass is 422 g/mol. The molecule has 3 rings (SSSR count). The molecular formula is C19H26N4O3S2. The number of nitrogens with two attached hydrogens (primary N) is 1. The van der Waals surface area contributed by atoms with E-state index in [-0.39, 0.29) is 11.5 Å². The highest BCUT2D eigenvalue weighted by molar-refractivity contribution is 8.00. The van der Waals surface area contributed by atoms with Crippen LogP contribution in [0.25, 0.3) is 10.2 Å². The van der Waals surface area contributed by atoms with Gasteiger partial charge in [-0.25, -0.2) is 9.78 Å². The Kier molecular flexibility index (Phi) is 6.14. The zero-order valence-electron chi connectivity index (χ0n) is 16.6. The number of primary amides is 1. The average Bonchev–Trinajstić information content (AvgIpc) is 2.94. The fourth-order valence-corrected chi connectivity index (χ4v) is 5.80. The number of hydrogen-bond acceptors (Lipinski definition) is 6. The van der Waals surface area contributed by atoms with E-state index in [1.54, 1.807) is 22.8 Å². The van der Waals surface area contributed by atoms with Gasteiger partial charge in [-0.2, -0.15) is 0 Å². The summed E-state index contributed by atoms with van der Waals surface area (Å²) in [6.45, 7) is 8.51. The molecule has 0 radical (unpaired) electrons. The molecule has 2 heterocycles. The van der Waals surface area contributed by atoms with Gasteiger partial charge in [0, 0.05) is 11.4 Å². The normalized spacial score (nSPS) is 17.5. The molecule has 2 atom stereocenters. The Labute approximate surface area is 172 Å². The van der Waals surface area contributed by atoms with Crippen molar-refractivity contribution >= 4 is 45.3 Å². The summed E-state index contributed by atoms with van der Waals surface area (Å²) in [4.78, 5) is 43.2. The summed E-state index contributed by atoms with van der Waals surface area (Å²) in [5.41, 5.74) is 6.16. The van der Waals surface area contributed by atoms with Crippen LogP contribution in [-0.2, 0) is 24.2 Å². The fraction of sp³-hybridized carbons (Fsp3) is 0.579. The molecule has 0 spiro atoms. The minimum Gasteiger partial charge on any atom is -0.351 e. The van der Waals surface area contributed by atoms with Crippen LogP contribution >= 0.6 is 23.1 Å². The van der Waals surface area contributed by atoms with Gasteiger partial charge in [0.25, 0.3) is 5.56 Å². The van der Waals surface area contributed by atoms with Crippen molar-refractivity contribution in [3.8, 4) is 0 Å². The second-order valence-electron chi connectivity index (χ2n) is 7.85. The summed E-state index contributed by atoms with van der Waals surface area (Å²) in [6, 6.07) is -0.888. The number of carbonyl (C=O) groups excluding carboxylic acids is 2. The number of thiophene rings is 1. The molecule has 2 aromatic heterocycles. The first-order valence-electron chi connectivity index (χ1n) is 9.49. The zero-order valence-corrected chi connectivity index (χ0v) is 18.2. The van der Waals surface area contributed by atoms with Crippen LogP contribution in [0.5, 0.6) is 0 Å². The lowest BCUT2D eigenvalue weighted by Gasteiger charge is -2.18. The molecule has 3 N–H and O–H groups in total. The van der Waals surface area contributed by atoms with E-state index in [0.29, 0.717) is 17.6 Å². The Morgan fingerprint density at radius 2 is 2.11 bits per heavy atom. The van der Waals surface area contributed by atoms with E-state index < -0.39 is 17.2 Å². The molecule has 3 amide bonds. The Morgan fingerprint density at radius 3 is 2.75 bits per heavy atom. The van der Waals surface area contributed by atoms with Gasteiger partial charge in [0.05, 0.1) is 10.6 Å². The number of rotatable bonds is 5. The molecule has 0 bridgehead atoms. The van der Waals surface area contributed by atoms with Crippen LogP contribution in [0.2, 0.25) is 0 Å². The number of thioether (sulfide) groups is 1. The van der Waals surface area contributed by atoms with E-state index in [1.165, 1.54) is 16.6 Å². The first-order valence-corrected chi connectivity index (χ1v) is 11.2. The number of imide groups is 1. The first-order chi connectivity index (χ1) is 13.2. The number of nitrogens with one attached hydrogen (secondary N) is 1. The molecule has 9 heteroatoms. The fourth-order valence-electron chi connectivity index (χ4n) is 3.46. The van der Waals surface area contributed by atoms with Crippen molar-refractivity contribution in [2.75, 3.05) is 0 Å². The number of aryl methyl sites for hydroxylation is 1. The van der Waals surface area contributed by atoms with E-state index in [0.717, 1.165) is 35.0 Å². The van der Waals surface area contributed by atoms with Gasteiger partial charge in [0.1, 0.15) is 4.83 Å². The summed E-state index contributed by atoms with van der Waals surface area (Å²) in [5, 5.41) is 2.73. The maximum Gasteiger partial charge on any atom is 0.318 e. The number of amides is 3. The van der Waals surface area contributed by atoms with E-state index in [9.17, 15) is 14.4 Å². The van der Waals surface area contributed by atoms with Gasteiger partial charge < -0.3 is 5.73 Å². The predicted molar refractivity (Wildman–Crippen MR) is 113 cm³/mol. The second-order valence-corrected chi connectivity index (χ2v) is 10.2. The van der Waals surface area contributed by atoms with Crippen molar-refractivity contribution in [3.05, 3.63) is 20.8 Å². The summed E-state index contributed by atoms with van der Waals surface area (Å²) in [6.07, 6.45) is 2.99. The van der Waals surface area contributed by atoms with Gasteiger partial charge in [0.15, 0.2) is 5.16 Å². The number of hydrogen-bond donors (Lipinski definition) is 2. The third-order valence-corrected chi connectivity index (χ3v) is 7.06. The van der Waals surface area contributed by atoms with Gasteiger partial charge in [-0.3, -0.25) is 19.5 Å². The zero-order chi connectivity index (χ0) is 20.6. The van der Waals surface area contributed by atoms with Crippen molar-refractivity contribution in [1.82, 2.24) is 14.9 Å². The van der Waals surface area contributed by atoms with E-state index in [1.807, 2.05) is 13.8 Å². The topological polar surface area (TPSA) is 107 Å². The molecule has 0 saturated carbocycles. The molecule has 0 aliphatic heterocycles. The summed E-state index contributed by atoms with van der Waals surface area (Å²) >= 11 is 2.77. The molecule has 0 fully saturated rings. The van der Waals surface area contributed by atoms with Crippen LogP contribution < -0.4 is 16.6 Å². The van der Waals surface area contributed by atoms with Crippen LogP contribution in [0, 0.1) is 11.8 Å². The molecule has 2 aromatic rings. The molecule has 152 valence electrons. The van der Waals surface area contributed by atoms with Crippen LogP contribution in [0.15, 0.2) is 9.95 Å². The lowest BCUT2D eigenvalue weighted by atomic mass is 9.89. The number of nitrogens with zero attached hydrogens (tertiary/aromatic N) is 2. The Balaban J connectivity index is 2.07. The lowest BCUT2D eigenvalue weighted by molar-refractivity contribution is -0.119. The lowest BCUT2D eigenvalue weighted by Crippen LogP contribution is -2.39. The van der Waals surface area contributed by atoms with Gasteiger partial charge in [-0.1, -0.05) is 32.5 Å². The summed E-state index contributed by atoms with van der Waals surface area (Å²) in [5.74, 6) is 0.368. The summed E-state index contributed by atoms with van der Waals surface area (Å²) in [7, 11) is 0. The van der Waals surface area contributed by atoms with Crippen molar-refractivity contribution < 1.29 is 9.59 Å². The van der Waals surface area contributed by atoms with Gasteiger partial charge in [-0.15, -0.1) is 11.3 Å². The Morgan fingerprint density at radius 1 is 1.39 bits per heavy atom. The number of urea groups is 1. The van der Waals surface area contributed by atoms with Gasteiger partial charge >= 0.3 is 6.03 Å². The highest BCUT2D eigenvalue weighted by Gasteiger charge is 2.26. The summed E-state index contributed by atoms with van der Waals surface area (Å²) < 4.78 is 1.68. The SMILES string of the molecule is CC(C)Cn1c(S[C@@H](C)C(=O)NC(N)=O)nc2sc3c(c2c1=O)CC[C@@H](C)C3. The first kappa shape index (κ1) is 20.9. The molecule has 1 aliphatic rings. The van der Waals surface area contributed by atoms with Crippen LogP contribution in [0.4, 0.5) is 4.79 Å². The quantitative estimate of drug-likeness (QED) is 0.569. The third-order valence-electron chi connectivity index (χ3n) is 4.83. The highest BCUT2D eigenvalue weighted by atomic mass is 32.2.